The Hall–Kier alpha value is -2.15. The Kier molecular flexibility index (Phi) is 7.38. The van der Waals surface area contributed by atoms with Crippen molar-refractivity contribution in [3.8, 4) is 11.5 Å². The maximum absolute atomic E-state index is 12.4. The van der Waals surface area contributed by atoms with Gasteiger partial charge in [0.2, 0.25) is 0 Å². The lowest BCUT2D eigenvalue weighted by Gasteiger charge is -2.26. The predicted octanol–water partition coefficient (Wildman–Crippen LogP) is 3.77. The van der Waals surface area contributed by atoms with Gasteiger partial charge in [-0.05, 0) is 37.1 Å². The van der Waals surface area contributed by atoms with Crippen LogP contribution in [0.2, 0.25) is 0 Å². The number of hydrogen-bond acceptors (Lipinski definition) is 5. The van der Waals surface area contributed by atoms with Crippen LogP contribution in [0.5, 0.6) is 11.5 Å². The number of rotatable bonds is 8. The molecule has 0 bridgehead atoms. The normalized spacial score (nSPS) is 12.1. The lowest BCUT2D eigenvalue weighted by Crippen LogP contribution is -2.29. The molecule has 140 valence electrons. The number of aryl methyl sites for hydroxylation is 1. The molecule has 0 saturated carbocycles. The molecular formula is C20H26O5Si. The second kappa shape index (κ2) is 9.52. The van der Waals surface area contributed by atoms with Gasteiger partial charge in [0.1, 0.15) is 0 Å². The fourth-order valence-electron chi connectivity index (χ4n) is 3.12. The van der Waals surface area contributed by atoms with Gasteiger partial charge in [-0.25, -0.2) is 4.79 Å². The molecule has 2 aromatic carbocycles. The molecule has 0 radical (unpaired) electrons. The van der Waals surface area contributed by atoms with Gasteiger partial charge in [0, 0.05) is 25.3 Å². The number of hydrogen-bond donors (Lipinski definition) is 0. The highest BCUT2D eigenvalue weighted by molar-refractivity contribution is 6.46. The summed E-state index contributed by atoms with van der Waals surface area (Å²) in [6.45, 7) is 4.10. The van der Waals surface area contributed by atoms with Crippen LogP contribution in [0.4, 0.5) is 0 Å². The topological polar surface area (TPSA) is 54.0 Å². The van der Waals surface area contributed by atoms with E-state index in [-0.39, 0.29) is 5.54 Å². The Morgan fingerprint density at radius 1 is 1.04 bits per heavy atom. The van der Waals surface area contributed by atoms with Crippen LogP contribution < -0.4 is 9.47 Å². The first-order valence-electron chi connectivity index (χ1n) is 8.57. The molecule has 0 aromatic heterocycles. The molecule has 2 aromatic rings. The molecule has 0 aliphatic heterocycles. The largest absolute Gasteiger partial charge is 0.493 e. The highest BCUT2D eigenvalue weighted by atomic mass is 28.3. The third-order valence-corrected chi connectivity index (χ3v) is 6.79. The molecule has 6 heteroatoms. The molecule has 0 spiro atoms. The molecule has 0 amide bonds. The van der Waals surface area contributed by atoms with Gasteiger partial charge in [-0.2, -0.15) is 0 Å². The molecule has 2 rings (SSSR count). The summed E-state index contributed by atoms with van der Waals surface area (Å²) >= 11 is 0. The summed E-state index contributed by atoms with van der Waals surface area (Å²) in [6, 6.07) is 12.6. The van der Waals surface area contributed by atoms with Gasteiger partial charge in [-0.3, -0.25) is 0 Å². The quantitative estimate of drug-likeness (QED) is 0.400. The van der Waals surface area contributed by atoms with Crippen molar-refractivity contribution in [1.82, 2.24) is 0 Å². The highest BCUT2D eigenvalue weighted by Crippen LogP contribution is 2.40. The summed E-state index contributed by atoms with van der Waals surface area (Å²) in [6.07, 6.45) is 0.839. The summed E-state index contributed by atoms with van der Waals surface area (Å²) in [5, 5.41) is 0. The van der Waals surface area contributed by atoms with Gasteiger partial charge in [0.05, 0.1) is 12.7 Å². The summed E-state index contributed by atoms with van der Waals surface area (Å²) in [5.41, 5.74) is 2.61. The van der Waals surface area contributed by atoms with E-state index >= 15 is 0 Å². The van der Waals surface area contributed by atoms with Crippen molar-refractivity contribution in [1.29, 1.82) is 0 Å². The van der Waals surface area contributed by atoms with E-state index < -0.39 is 15.3 Å². The smallest absolute Gasteiger partial charge is 0.343 e. The SMILES string of the molecule is CCC(c1c(C)ccc(OC(=O)c2ccccc2)c1OC)[SiH](OC)OC. The van der Waals surface area contributed by atoms with Gasteiger partial charge in [-0.1, -0.05) is 31.2 Å². The molecule has 0 aliphatic rings. The van der Waals surface area contributed by atoms with Gasteiger partial charge in [0.25, 0.3) is 0 Å². The predicted molar refractivity (Wildman–Crippen MR) is 103 cm³/mol. The van der Waals surface area contributed by atoms with E-state index in [0.717, 1.165) is 17.5 Å². The van der Waals surface area contributed by atoms with E-state index in [0.29, 0.717) is 17.1 Å². The second-order valence-corrected chi connectivity index (χ2v) is 8.42. The summed E-state index contributed by atoms with van der Waals surface area (Å²) in [7, 11) is 2.99. The molecule has 0 saturated heterocycles. The number of esters is 1. The Morgan fingerprint density at radius 3 is 2.23 bits per heavy atom. The molecule has 0 N–H and O–H groups in total. The second-order valence-electron chi connectivity index (χ2n) is 5.94. The van der Waals surface area contributed by atoms with E-state index in [1.807, 2.05) is 19.1 Å². The molecule has 1 unspecified atom stereocenters. The van der Waals surface area contributed by atoms with Crippen LogP contribution in [0.15, 0.2) is 42.5 Å². The minimum Gasteiger partial charge on any atom is -0.493 e. The van der Waals surface area contributed by atoms with Crippen molar-refractivity contribution in [3.05, 3.63) is 59.2 Å². The molecule has 1 atom stereocenters. The maximum atomic E-state index is 12.4. The van der Waals surface area contributed by atoms with Crippen LogP contribution in [0.25, 0.3) is 0 Å². The average molecular weight is 375 g/mol. The van der Waals surface area contributed by atoms with E-state index in [1.54, 1.807) is 51.7 Å². The third kappa shape index (κ3) is 4.33. The lowest BCUT2D eigenvalue weighted by molar-refractivity contribution is 0.0729. The van der Waals surface area contributed by atoms with Crippen LogP contribution in [0.1, 0.15) is 40.4 Å². The summed E-state index contributed by atoms with van der Waals surface area (Å²) < 4.78 is 22.5. The number of carbonyl (C=O) groups is 1. The Morgan fingerprint density at radius 2 is 1.69 bits per heavy atom. The van der Waals surface area contributed by atoms with Crippen molar-refractivity contribution < 1.29 is 23.1 Å². The Labute approximate surface area is 156 Å². The van der Waals surface area contributed by atoms with E-state index in [4.69, 9.17) is 18.3 Å². The number of ether oxygens (including phenoxy) is 2. The third-order valence-electron chi connectivity index (χ3n) is 4.40. The first-order chi connectivity index (χ1) is 12.6. The van der Waals surface area contributed by atoms with Crippen molar-refractivity contribution in [2.24, 2.45) is 0 Å². The average Bonchev–Trinajstić information content (AvgIpc) is 2.68. The molecule has 0 heterocycles. The van der Waals surface area contributed by atoms with E-state index in [1.165, 1.54) is 0 Å². The molecule has 0 aliphatic carbocycles. The standard InChI is InChI=1S/C20H26O5Si/c1-6-17(26(23-4)24-5)18-14(2)12-13-16(19(18)22-3)25-20(21)15-10-8-7-9-11-15/h7-13,17,26H,6H2,1-5H3. The maximum Gasteiger partial charge on any atom is 0.343 e. The molecule has 5 nitrogen and oxygen atoms in total. The lowest BCUT2D eigenvalue weighted by atomic mass is 10.0. The minimum atomic E-state index is -1.94. The molecular weight excluding hydrogens is 348 g/mol. The molecule has 26 heavy (non-hydrogen) atoms. The van der Waals surface area contributed by atoms with Gasteiger partial charge >= 0.3 is 15.3 Å². The van der Waals surface area contributed by atoms with E-state index in [2.05, 4.69) is 6.92 Å². The monoisotopic (exact) mass is 374 g/mol. The van der Waals surface area contributed by atoms with Gasteiger partial charge < -0.3 is 18.3 Å². The van der Waals surface area contributed by atoms with Crippen molar-refractivity contribution in [2.45, 2.75) is 25.8 Å². The van der Waals surface area contributed by atoms with Crippen LogP contribution in [-0.2, 0) is 8.85 Å². The highest BCUT2D eigenvalue weighted by Gasteiger charge is 2.30. The number of methoxy groups -OCH3 is 1. The number of benzene rings is 2. The van der Waals surface area contributed by atoms with Crippen LogP contribution in [0, 0.1) is 6.92 Å². The Balaban J connectivity index is 2.44. The van der Waals surface area contributed by atoms with Gasteiger partial charge in [-0.15, -0.1) is 0 Å². The van der Waals surface area contributed by atoms with Crippen LogP contribution >= 0.6 is 0 Å². The zero-order valence-electron chi connectivity index (χ0n) is 15.9. The summed E-state index contributed by atoms with van der Waals surface area (Å²) in [5.74, 6) is 0.548. The first kappa shape index (κ1) is 20.2. The summed E-state index contributed by atoms with van der Waals surface area (Å²) in [4.78, 5) is 12.4. The zero-order chi connectivity index (χ0) is 19.1. The molecule has 0 fully saturated rings. The van der Waals surface area contributed by atoms with Crippen LogP contribution in [0.3, 0.4) is 0 Å². The minimum absolute atomic E-state index is 0.0790. The van der Waals surface area contributed by atoms with E-state index in [9.17, 15) is 4.79 Å². The fraction of sp³-hybridized carbons (Fsp3) is 0.350. The number of carbonyl (C=O) groups excluding carboxylic acids is 1. The van der Waals surface area contributed by atoms with Crippen molar-refractivity contribution in [2.75, 3.05) is 21.3 Å². The zero-order valence-corrected chi connectivity index (χ0v) is 17.1. The van der Waals surface area contributed by atoms with Crippen molar-refractivity contribution in [3.63, 3.8) is 0 Å². The fourth-order valence-corrected chi connectivity index (χ4v) is 5.04. The van der Waals surface area contributed by atoms with Gasteiger partial charge in [0.15, 0.2) is 11.5 Å². The first-order valence-corrected chi connectivity index (χ1v) is 10.2. The van der Waals surface area contributed by atoms with Crippen molar-refractivity contribution >= 4 is 15.3 Å². The van der Waals surface area contributed by atoms with Crippen LogP contribution in [-0.4, -0.2) is 36.6 Å². The Bertz CT molecular complexity index is 728.